The van der Waals surface area contributed by atoms with Gasteiger partial charge in [0.1, 0.15) is 12.4 Å². The first-order chi connectivity index (χ1) is 16.3. The van der Waals surface area contributed by atoms with E-state index in [1.165, 1.54) is 35.2 Å². The Hall–Kier alpha value is -4.09. The molecule has 0 N–H and O–H groups in total. The maximum absolute atomic E-state index is 13.0. The molecule has 170 valence electrons. The molecule has 0 aliphatic carbocycles. The van der Waals surface area contributed by atoms with Crippen molar-refractivity contribution < 1.29 is 19.4 Å². The Morgan fingerprint density at radius 1 is 0.941 bits per heavy atom. The van der Waals surface area contributed by atoms with E-state index < -0.39 is 9.85 Å². The molecule has 0 bridgehead atoms. The van der Waals surface area contributed by atoms with Gasteiger partial charge >= 0.3 is 0 Å². The van der Waals surface area contributed by atoms with Crippen LogP contribution in [0.4, 0.5) is 17.1 Å². The van der Waals surface area contributed by atoms with Crippen LogP contribution in [0.25, 0.3) is 6.08 Å². The second-order valence-electron chi connectivity index (χ2n) is 7.08. The number of benzene rings is 3. The van der Waals surface area contributed by atoms with Crippen LogP contribution in [0.5, 0.6) is 5.75 Å². The molecule has 11 heteroatoms. The van der Waals surface area contributed by atoms with Crippen LogP contribution in [-0.2, 0) is 11.4 Å². The fraction of sp³-hybridized carbons (Fsp3) is 0.0435. The molecule has 0 aromatic heterocycles. The molecule has 1 amide bonds. The summed E-state index contributed by atoms with van der Waals surface area (Å²) in [5.41, 5.74) is 1.69. The molecule has 4 rings (SSSR count). The van der Waals surface area contributed by atoms with Gasteiger partial charge in [-0.2, -0.15) is 0 Å². The zero-order valence-electron chi connectivity index (χ0n) is 17.3. The second kappa shape index (κ2) is 9.81. The van der Waals surface area contributed by atoms with Crippen LogP contribution >= 0.6 is 24.0 Å². The number of nitro groups is 2. The lowest BCUT2D eigenvalue weighted by Gasteiger charge is -2.13. The third-order valence-electron chi connectivity index (χ3n) is 4.80. The second-order valence-corrected chi connectivity index (χ2v) is 8.75. The molecular formula is C23H15N3O6S2. The summed E-state index contributed by atoms with van der Waals surface area (Å²) in [7, 11) is 0. The van der Waals surface area contributed by atoms with Crippen molar-refractivity contribution in [3.05, 3.63) is 109 Å². The molecule has 9 nitrogen and oxygen atoms in total. The molecular weight excluding hydrogens is 478 g/mol. The summed E-state index contributed by atoms with van der Waals surface area (Å²) in [4.78, 5) is 35.5. The smallest absolute Gasteiger partial charge is 0.271 e. The van der Waals surface area contributed by atoms with Crippen molar-refractivity contribution >= 4 is 57.3 Å². The first-order valence-electron chi connectivity index (χ1n) is 9.80. The first-order valence-corrected chi connectivity index (χ1v) is 11.0. The summed E-state index contributed by atoms with van der Waals surface area (Å²) in [6.45, 7) is 0.219. The molecule has 1 aliphatic rings. The van der Waals surface area contributed by atoms with Crippen molar-refractivity contribution in [1.82, 2.24) is 0 Å². The summed E-state index contributed by atoms with van der Waals surface area (Å²) < 4.78 is 6.06. The first kappa shape index (κ1) is 23.1. The number of anilines is 1. The molecule has 1 heterocycles. The molecule has 1 saturated heterocycles. The summed E-state index contributed by atoms with van der Waals surface area (Å²) in [6, 6.07) is 18.9. The van der Waals surface area contributed by atoms with E-state index in [2.05, 4.69) is 0 Å². The monoisotopic (exact) mass is 493 g/mol. The largest absolute Gasteiger partial charge is 0.489 e. The van der Waals surface area contributed by atoms with Crippen LogP contribution < -0.4 is 9.64 Å². The lowest BCUT2D eigenvalue weighted by atomic mass is 10.2. The van der Waals surface area contributed by atoms with E-state index in [0.29, 0.717) is 21.9 Å². The van der Waals surface area contributed by atoms with Crippen LogP contribution in [0.1, 0.15) is 11.1 Å². The summed E-state index contributed by atoms with van der Waals surface area (Å²) >= 11 is 6.45. The number of hydrogen-bond acceptors (Lipinski definition) is 8. The quantitative estimate of drug-likeness (QED) is 0.184. The van der Waals surface area contributed by atoms with E-state index in [1.54, 1.807) is 48.5 Å². The Morgan fingerprint density at radius 2 is 1.65 bits per heavy atom. The molecule has 0 unspecified atom stereocenters. The van der Waals surface area contributed by atoms with Crippen LogP contribution in [0.3, 0.4) is 0 Å². The Morgan fingerprint density at radius 3 is 2.35 bits per heavy atom. The highest BCUT2D eigenvalue weighted by molar-refractivity contribution is 8.27. The molecule has 0 atom stereocenters. The minimum absolute atomic E-state index is 0.00756. The summed E-state index contributed by atoms with van der Waals surface area (Å²) in [5, 5.41) is 21.8. The number of carbonyl (C=O) groups excluding carboxylic acids is 1. The Balaban J connectivity index is 1.49. The molecule has 1 aliphatic heterocycles. The Kier molecular flexibility index (Phi) is 6.66. The van der Waals surface area contributed by atoms with Crippen molar-refractivity contribution in [2.24, 2.45) is 0 Å². The minimum Gasteiger partial charge on any atom is -0.489 e. The van der Waals surface area contributed by atoms with Gasteiger partial charge in [0, 0.05) is 24.3 Å². The number of amides is 1. The number of nitrogens with zero attached hydrogens (tertiary/aromatic N) is 3. The topological polar surface area (TPSA) is 116 Å². The third-order valence-corrected chi connectivity index (χ3v) is 6.10. The lowest BCUT2D eigenvalue weighted by Crippen LogP contribution is -2.27. The molecule has 0 saturated carbocycles. The predicted octanol–water partition coefficient (Wildman–Crippen LogP) is 5.49. The minimum atomic E-state index is -0.529. The third kappa shape index (κ3) is 5.11. The SMILES string of the molecule is O=C1/C(=C/c2cccc(OCc3ccc([N+](=O)[O-])cc3)c2)SC(=S)N1c1cccc([N+](=O)[O-])c1. The average molecular weight is 494 g/mol. The maximum atomic E-state index is 13.0. The highest BCUT2D eigenvalue weighted by Gasteiger charge is 2.33. The highest BCUT2D eigenvalue weighted by atomic mass is 32.2. The normalized spacial score (nSPS) is 14.5. The molecule has 3 aromatic carbocycles. The van der Waals surface area contributed by atoms with Gasteiger partial charge in [0.2, 0.25) is 0 Å². The van der Waals surface area contributed by atoms with E-state index in [4.69, 9.17) is 17.0 Å². The molecule has 0 radical (unpaired) electrons. The standard InChI is InChI=1S/C23H15N3O6S2/c27-22-21(34-23(33)24(22)18-4-2-5-19(13-18)26(30)31)12-16-3-1-6-20(11-16)32-14-15-7-9-17(10-8-15)25(28)29/h1-13H,14H2/b21-12-. The molecule has 3 aromatic rings. The summed E-state index contributed by atoms with van der Waals surface area (Å²) in [5.74, 6) is 0.189. The number of carbonyl (C=O) groups is 1. The van der Waals surface area contributed by atoms with Crippen molar-refractivity contribution in [3.8, 4) is 5.75 Å². The molecule has 1 fully saturated rings. The zero-order chi connectivity index (χ0) is 24.2. The van der Waals surface area contributed by atoms with Crippen LogP contribution in [0, 0.1) is 20.2 Å². The predicted molar refractivity (Wildman–Crippen MR) is 133 cm³/mol. The number of ether oxygens (including phenoxy) is 1. The van der Waals surface area contributed by atoms with Gasteiger partial charge in [0.25, 0.3) is 17.3 Å². The van der Waals surface area contributed by atoms with Gasteiger partial charge in [-0.25, -0.2) is 0 Å². The highest BCUT2D eigenvalue weighted by Crippen LogP contribution is 2.37. The lowest BCUT2D eigenvalue weighted by molar-refractivity contribution is -0.385. The fourth-order valence-electron chi connectivity index (χ4n) is 3.16. The van der Waals surface area contributed by atoms with Gasteiger partial charge in [-0.3, -0.25) is 29.9 Å². The van der Waals surface area contributed by atoms with Crippen molar-refractivity contribution in [3.63, 3.8) is 0 Å². The van der Waals surface area contributed by atoms with Gasteiger partial charge in [0.15, 0.2) is 4.32 Å². The fourth-order valence-corrected chi connectivity index (χ4v) is 4.46. The number of thioether (sulfide) groups is 1. The van der Waals surface area contributed by atoms with Crippen LogP contribution in [0.2, 0.25) is 0 Å². The number of nitro benzene ring substituents is 2. The maximum Gasteiger partial charge on any atom is 0.271 e. The van der Waals surface area contributed by atoms with E-state index in [-0.39, 0.29) is 28.2 Å². The van der Waals surface area contributed by atoms with Gasteiger partial charge < -0.3 is 4.74 Å². The van der Waals surface area contributed by atoms with Gasteiger partial charge in [-0.15, -0.1) is 0 Å². The molecule has 34 heavy (non-hydrogen) atoms. The van der Waals surface area contributed by atoms with Crippen molar-refractivity contribution in [2.45, 2.75) is 6.61 Å². The van der Waals surface area contributed by atoms with Crippen LogP contribution in [-0.4, -0.2) is 20.1 Å². The van der Waals surface area contributed by atoms with Gasteiger partial charge in [-0.05, 0) is 47.5 Å². The van der Waals surface area contributed by atoms with Crippen molar-refractivity contribution in [1.29, 1.82) is 0 Å². The number of rotatable bonds is 7. The van der Waals surface area contributed by atoms with E-state index in [1.807, 2.05) is 0 Å². The van der Waals surface area contributed by atoms with E-state index >= 15 is 0 Å². The van der Waals surface area contributed by atoms with E-state index in [9.17, 15) is 25.0 Å². The van der Waals surface area contributed by atoms with E-state index in [0.717, 1.165) is 17.3 Å². The zero-order valence-corrected chi connectivity index (χ0v) is 19.0. The number of non-ortho nitro benzene ring substituents is 2. The van der Waals surface area contributed by atoms with Gasteiger partial charge in [0.05, 0.1) is 20.4 Å². The van der Waals surface area contributed by atoms with Crippen molar-refractivity contribution in [2.75, 3.05) is 4.90 Å². The number of hydrogen-bond donors (Lipinski definition) is 0. The van der Waals surface area contributed by atoms with Crippen LogP contribution in [0.15, 0.2) is 77.7 Å². The average Bonchev–Trinajstić information content (AvgIpc) is 3.10. The number of thiocarbonyl (C=S) groups is 1. The van der Waals surface area contributed by atoms with Gasteiger partial charge in [-0.1, -0.05) is 42.2 Å². The Labute approximate surface area is 202 Å². The molecule has 0 spiro atoms. The Bertz CT molecular complexity index is 1340. The summed E-state index contributed by atoms with van der Waals surface area (Å²) in [6.07, 6.45) is 1.68.